The molecule has 1 aromatic carbocycles. The molecular formula is C16H23BrFN. The van der Waals surface area contributed by atoms with E-state index < -0.39 is 0 Å². The SMILES string of the molecule is CC(C)(C)C1CCC(Nc2ccc(F)cc2Br)CC1. The van der Waals surface area contributed by atoms with Gasteiger partial charge in [-0.2, -0.15) is 0 Å². The average molecular weight is 328 g/mol. The maximum absolute atomic E-state index is 13.1. The van der Waals surface area contributed by atoms with Gasteiger partial charge in [0, 0.05) is 16.2 Å². The van der Waals surface area contributed by atoms with Gasteiger partial charge in [-0.1, -0.05) is 20.8 Å². The standard InChI is InChI=1S/C16H23BrFN/c1-16(2,3)11-4-7-13(8-5-11)19-15-9-6-12(18)10-14(15)17/h6,9-11,13,19H,4-5,7-8H2,1-3H3. The van der Waals surface area contributed by atoms with Crippen molar-refractivity contribution in [2.24, 2.45) is 11.3 Å². The second-order valence-electron chi connectivity index (χ2n) is 6.68. The van der Waals surface area contributed by atoms with Crippen molar-refractivity contribution < 1.29 is 4.39 Å². The van der Waals surface area contributed by atoms with Gasteiger partial charge in [-0.05, 0) is 71.1 Å². The molecule has 1 fully saturated rings. The normalized spacial score (nSPS) is 24.3. The van der Waals surface area contributed by atoms with E-state index in [9.17, 15) is 4.39 Å². The zero-order valence-corrected chi connectivity index (χ0v) is 13.6. The van der Waals surface area contributed by atoms with Crippen LogP contribution in [0.25, 0.3) is 0 Å². The summed E-state index contributed by atoms with van der Waals surface area (Å²) in [5.74, 6) is 0.621. The molecule has 1 aromatic rings. The van der Waals surface area contributed by atoms with E-state index in [0.29, 0.717) is 11.5 Å². The summed E-state index contributed by atoms with van der Waals surface area (Å²) in [7, 11) is 0. The number of benzene rings is 1. The summed E-state index contributed by atoms with van der Waals surface area (Å²) >= 11 is 3.42. The molecule has 1 aliphatic carbocycles. The van der Waals surface area contributed by atoms with Gasteiger partial charge in [0.25, 0.3) is 0 Å². The van der Waals surface area contributed by atoms with Crippen LogP contribution in [0.5, 0.6) is 0 Å². The maximum atomic E-state index is 13.1. The van der Waals surface area contributed by atoms with Crippen molar-refractivity contribution in [1.82, 2.24) is 0 Å². The van der Waals surface area contributed by atoms with E-state index in [2.05, 4.69) is 42.0 Å². The predicted molar refractivity (Wildman–Crippen MR) is 82.9 cm³/mol. The summed E-state index contributed by atoms with van der Waals surface area (Å²) in [6, 6.07) is 5.35. The van der Waals surface area contributed by atoms with E-state index >= 15 is 0 Å². The first-order valence-corrected chi connectivity index (χ1v) is 7.87. The smallest absolute Gasteiger partial charge is 0.124 e. The lowest BCUT2D eigenvalue weighted by atomic mass is 9.71. The molecule has 0 amide bonds. The number of nitrogens with one attached hydrogen (secondary N) is 1. The number of hydrogen-bond acceptors (Lipinski definition) is 1. The molecule has 3 heteroatoms. The summed E-state index contributed by atoms with van der Waals surface area (Å²) in [6.45, 7) is 7.01. The molecule has 1 nitrogen and oxygen atoms in total. The summed E-state index contributed by atoms with van der Waals surface area (Å²) in [5.41, 5.74) is 1.42. The monoisotopic (exact) mass is 327 g/mol. The molecule has 0 spiro atoms. The van der Waals surface area contributed by atoms with Crippen LogP contribution in [-0.4, -0.2) is 6.04 Å². The predicted octanol–water partition coefficient (Wildman–Crippen LogP) is 5.61. The topological polar surface area (TPSA) is 12.0 Å². The fraction of sp³-hybridized carbons (Fsp3) is 0.625. The van der Waals surface area contributed by atoms with Gasteiger partial charge >= 0.3 is 0 Å². The number of rotatable bonds is 2. The van der Waals surface area contributed by atoms with E-state index in [1.807, 2.05) is 6.07 Å². The lowest BCUT2D eigenvalue weighted by Gasteiger charge is -2.37. The molecule has 1 aliphatic rings. The summed E-state index contributed by atoms with van der Waals surface area (Å²) in [4.78, 5) is 0. The molecule has 0 atom stereocenters. The third kappa shape index (κ3) is 3.95. The van der Waals surface area contributed by atoms with E-state index in [1.54, 1.807) is 0 Å². The van der Waals surface area contributed by atoms with Crippen molar-refractivity contribution in [3.63, 3.8) is 0 Å². The zero-order chi connectivity index (χ0) is 14.0. The summed E-state index contributed by atoms with van der Waals surface area (Å²) in [5, 5.41) is 3.53. The second-order valence-corrected chi connectivity index (χ2v) is 7.54. The molecule has 0 unspecified atom stereocenters. The van der Waals surface area contributed by atoms with Gasteiger partial charge in [0.05, 0.1) is 0 Å². The van der Waals surface area contributed by atoms with Crippen molar-refractivity contribution in [3.8, 4) is 0 Å². The van der Waals surface area contributed by atoms with Gasteiger partial charge in [-0.3, -0.25) is 0 Å². The second kappa shape index (κ2) is 5.82. The molecule has 1 N–H and O–H groups in total. The van der Waals surface area contributed by atoms with Gasteiger partial charge in [0.2, 0.25) is 0 Å². The zero-order valence-electron chi connectivity index (χ0n) is 12.0. The Kier molecular flexibility index (Phi) is 4.54. The molecule has 0 radical (unpaired) electrons. The van der Waals surface area contributed by atoms with Crippen LogP contribution in [0.15, 0.2) is 22.7 Å². The highest BCUT2D eigenvalue weighted by molar-refractivity contribution is 9.10. The highest BCUT2D eigenvalue weighted by atomic mass is 79.9. The third-order valence-electron chi connectivity index (χ3n) is 4.24. The first-order chi connectivity index (χ1) is 8.86. The van der Waals surface area contributed by atoms with Crippen LogP contribution >= 0.6 is 15.9 Å². The van der Waals surface area contributed by atoms with E-state index in [4.69, 9.17) is 0 Å². The van der Waals surface area contributed by atoms with Crippen molar-refractivity contribution in [1.29, 1.82) is 0 Å². The maximum Gasteiger partial charge on any atom is 0.124 e. The molecule has 0 bridgehead atoms. The van der Waals surface area contributed by atoms with Gasteiger partial charge in [-0.25, -0.2) is 4.39 Å². The van der Waals surface area contributed by atoms with Crippen LogP contribution in [0.4, 0.5) is 10.1 Å². The Morgan fingerprint density at radius 3 is 2.32 bits per heavy atom. The molecule has 19 heavy (non-hydrogen) atoms. The summed E-state index contributed by atoms with van der Waals surface area (Å²) in [6.07, 6.45) is 4.96. The molecular weight excluding hydrogens is 305 g/mol. The van der Waals surface area contributed by atoms with Crippen molar-refractivity contribution in [2.75, 3.05) is 5.32 Å². The van der Waals surface area contributed by atoms with E-state index in [0.717, 1.165) is 16.1 Å². The minimum Gasteiger partial charge on any atom is -0.381 e. The van der Waals surface area contributed by atoms with Gasteiger partial charge in [-0.15, -0.1) is 0 Å². The first-order valence-electron chi connectivity index (χ1n) is 7.08. The van der Waals surface area contributed by atoms with Crippen molar-refractivity contribution in [3.05, 3.63) is 28.5 Å². The lowest BCUT2D eigenvalue weighted by molar-refractivity contribution is 0.173. The lowest BCUT2D eigenvalue weighted by Crippen LogP contribution is -2.31. The third-order valence-corrected chi connectivity index (χ3v) is 4.90. The van der Waals surface area contributed by atoms with Crippen LogP contribution in [0.1, 0.15) is 46.5 Å². The Hall–Kier alpha value is -0.570. The van der Waals surface area contributed by atoms with Crippen molar-refractivity contribution in [2.45, 2.75) is 52.5 Å². The highest BCUT2D eigenvalue weighted by Gasteiger charge is 2.29. The van der Waals surface area contributed by atoms with Crippen LogP contribution < -0.4 is 5.32 Å². The van der Waals surface area contributed by atoms with E-state index in [-0.39, 0.29) is 5.82 Å². The Morgan fingerprint density at radius 2 is 1.79 bits per heavy atom. The number of halogens is 2. The molecule has 2 rings (SSSR count). The Bertz CT molecular complexity index is 431. The number of anilines is 1. The quantitative estimate of drug-likeness (QED) is 0.744. The molecule has 0 aliphatic heterocycles. The Labute approximate surface area is 124 Å². The molecule has 0 saturated heterocycles. The Morgan fingerprint density at radius 1 is 1.16 bits per heavy atom. The van der Waals surface area contributed by atoms with E-state index in [1.165, 1.54) is 37.8 Å². The van der Waals surface area contributed by atoms with Crippen LogP contribution in [0.2, 0.25) is 0 Å². The van der Waals surface area contributed by atoms with Crippen LogP contribution in [0, 0.1) is 17.2 Å². The largest absolute Gasteiger partial charge is 0.381 e. The fourth-order valence-electron chi connectivity index (χ4n) is 2.93. The highest BCUT2D eigenvalue weighted by Crippen LogP contribution is 2.38. The molecule has 0 heterocycles. The summed E-state index contributed by atoms with van der Waals surface area (Å²) < 4.78 is 13.9. The van der Waals surface area contributed by atoms with Gasteiger partial charge in [0.1, 0.15) is 5.82 Å². The molecule has 106 valence electrons. The van der Waals surface area contributed by atoms with Gasteiger partial charge < -0.3 is 5.32 Å². The van der Waals surface area contributed by atoms with Crippen LogP contribution in [-0.2, 0) is 0 Å². The minimum absolute atomic E-state index is 0.200. The first kappa shape index (κ1) is 14.8. The van der Waals surface area contributed by atoms with Crippen LogP contribution in [0.3, 0.4) is 0 Å². The van der Waals surface area contributed by atoms with Gasteiger partial charge in [0.15, 0.2) is 0 Å². The molecule has 1 saturated carbocycles. The number of hydrogen-bond donors (Lipinski definition) is 1. The minimum atomic E-state index is -0.200. The fourth-order valence-corrected chi connectivity index (χ4v) is 3.40. The Balaban J connectivity index is 1.92. The molecule has 0 aromatic heterocycles. The average Bonchev–Trinajstić information content (AvgIpc) is 2.32. The van der Waals surface area contributed by atoms with Crippen molar-refractivity contribution >= 4 is 21.6 Å².